The Labute approximate surface area is 140 Å². The number of amides is 1. The molecular weight excluding hydrogens is 371 g/mol. The zero-order valence-corrected chi connectivity index (χ0v) is 13.6. The van der Waals surface area contributed by atoms with Gasteiger partial charge in [-0.05, 0) is 42.5 Å². The van der Waals surface area contributed by atoms with Crippen molar-refractivity contribution in [3.8, 4) is 0 Å². The van der Waals surface area contributed by atoms with Crippen molar-refractivity contribution in [3.05, 3.63) is 58.1 Å². The Morgan fingerprint density at radius 3 is 2.17 bits per heavy atom. The van der Waals surface area contributed by atoms with Gasteiger partial charge in [-0.15, -0.1) is 0 Å². The minimum absolute atomic E-state index is 0.0873. The van der Waals surface area contributed by atoms with E-state index in [-0.39, 0.29) is 10.6 Å². The van der Waals surface area contributed by atoms with Crippen LogP contribution in [-0.4, -0.2) is 20.1 Å². The highest BCUT2D eigenvalue weighted by Crippen LogP contribution is 2.26. The molecule has 1 amide bonds. The fourth-order valence-corrected chi connectivity index (χ4v) is 2.86. The Kier molecular flexibility index (Phi) is 5.23. The van der Waals surface area contributed by atoms with Crippen LogP contribution in [0.4, 0.5) is 14.5 Å². The highest BCUT2D eigenvalue weighted by atomic mass is 35.5. The van der Waals surface area contributed by atoms with E-state index in [1.165, 1.54) is 18.2 Å². The highest BCUT2D eigenvalue weighted by Gasteiger charge is 2.26. The Balaban J connectivity index is 2.21. The molecule has 0 aromatic heterocycles. The van der Waals surface area contributed by atoms with Gasteiger partial charge in [0.15, 0.2) is 0 Å². The van der Waals surface area contributed by atoms with Gasteiger partial charge in [-0.1, -0.05) is 23.2 Å². The number of carbonyl (C=O) groups is 1. The van der Waals surface area contributed by atoms with Crippen LogP contribution in [-0.2, 0) is 9.84 Å². The summed E-state index contributed by atoms with van der Waals surface area (Å²) in [5.41, 5.74) is 0.398. The third-order valence-electron chi connectivity index (χ3n) is 2.86. The molecule has 0 saturated carbocycles. The van der Waals surface area contributed by atoms with Crippen LogP contribution in [0.5, 0.6) is 0 Å². The van der Waals surface area contributed by atoms with Crippen LogP contribution in [0.1, 0.15) is 10.4 Å². The molecule has 0 spiro atoms. The molecule has 4 nitrogen and oxygen atoms in total. The molecule has 0 aliphatic carbocycles. The Bertz CT molecular complexity index is 840. The average molecular weight is 380 g/mol. The molecule has 0 radical (unpaired) electrons. The standard InChI is InChI=1S/C14H9Cl2F2NO3S/c15-9-3-6-12(11(16)7-9)19-13(20)8-1-4-10(5-2-8)23(21,22)14(17)18/h1-7,14H,(H,19,20). The normalized spacial score (nSPS) is 11.5. The number of carbonyl (C=O) groups excluding carboxylic acids is 1. The van der Waals surface area contributed by atoms with E-state index in [4.69, 9.17) is 23.2 Å². The van der Waals surface area contributed by atoms with E-state index < -0.39 is 26.4 Å². The molecule has 0 unspecified atom stereocenters. The summed E-state index contributed by atoms with van der Waals surface area (Å²) in [6, 6.07) is 8.62. The largest absolute Gasteiger partial charge is 0.341 e. The third-order valence-corrected chi connectivity index (χ3v) is 4.81. The quantitative estimate of drug-likeness (QED) is 0.863. The number of hydrogen-bond donors (Lipinski definition) is 1. The van der Waals surface area contributed by atoms with Crippen LogP contribution in [0.15, 0.2) is 47.4 Å². The second-order valence-corrected chi connectivity index (χ2v) is 7.17. The van der Waals surface area contributed by atoms with Gasteiger partial charge in [0.05, 0.1) is 15.6 Å². The Morgan fingerprint density at radius 1 is 1.04 bits per heavy atom. The summed E-state index contributed by atoms with van der Waals surface area (Å²) in [7, 11) is -4.69. The van der Waals surface area contributed by atoms with Crippen molar-refractivity contribution in [1.82, 2.24) is 0 Å². The molecule has 0 heterocycles. The molecule has 0 aliphatic heterocycles. The number of benzene rings is 2. The molecule has 122 valence electrons. The van der Waals surface area contributed by atoms with Crippen LogP contribution in [0, 0.1) is 0 Å². The third kappa shape index (κ3) is 3.99. The number of alkyl halides is 2. The van der Waals surface area contributed by atoms with Crippen molar-refractivity contribution in [3.63, 3.8) is 0 Å². The van der Waals surface area contributed by atoms with E-state index in [9.17, 15) is 22.0 Å². The maximum absolute atomic E-state index is 12.4. The van der Waals surface area contributed by atoms with Gasteiger partial charge in [0, 0.05) is 10.6 Å². The van der Waals surface area contributed by atoms with Crippen molar-refractivity contribution in [1.29, 1.82) is 0 Å². The summed E-state index contributed by atoms with van der Waals surface area (Å²) in [4.78, 5) is 11.5. The van der Waals surface area contributed by atoms with E-state index in [0.717, 1.165) is 24.3 Å². The lowest BCUT2D eigenvalue weighted by Gasteiger charge is -2.08. The fourth-order valence-electron chi connectivity index (χ4n) is 1.68. The molecule has 0 aliphatic rings. The van der Waals surface area contributed by atoms with Gasteiger partial charge in [-0.3, -0.25) is 4.79 Å². The number of anilines is 1. The molecule has 0 bridgehead atoms. The Hall–Kier alpha value is -1.70. The van der Waals surface area contributed by atoms with Gasteiger partial charge in [0.1, 0.15) is 0 Å². The van der Waals surface area contributed by atoms with E-state index in [2.05, 4.69) is 5.32 Å². The SMILES string of the molecule is O=C(Nc1ccc(Cl)cc1Cl)c1ccc(S(=O)(=O)C(F)F)cc1. The molecule has 2 aromatic rings. The van der Waals surface area contributed by atoms with Crippen molar-refractivity contribution in [2.45, 2.75) is 10.7 Å². The monoisotopic (exact) mass is 379 g/mol. The summed E-state index contributed by atoms with van der Waals surface area (Å²) < 4.78 is 47.5. The summed E-state index contributed by atoms with van der Waals surface area (Å²) >= 11 is 11.7. The Morgan fingerprint density at radius 2 is 1.65 bits per heavy atom. The minimum atomic E-state index is -4.69. The zero-order valence-electron chi connectivity index (χ0n) is 11.3. The average Bonchev–Trinajstić information content (AvgIpc) is 2.50. The highest BCUT2D eigenvalue weighted by molar-refractivity contribution is 7.91. The van der Waals surface area contributed by atoms with Crippen molar-refractivity contribution in [2.75, 3.05) is 5.32 Å². The lowest BCUT2D eigenvalue weighted by Crippen LogP contribution is -2.14. The van der Waals surface area contributed by atoms with Gasteiger partial charge in [0.25, 0.3) is 5.91 Å². The van der Waals surface area contributed by atoms with Crippen molar-refractivity contribution in [2.24, 2.45) is 0 Å². The molecule has 0 fully saturated rings. The van der Waals surface area contributed by atoms with Gasteiger partial charge in [-0.2, -0.15) is 8.78 Å². The molecule has 1 N–H and O–H groups in total. The molecule has 2 rings (SSSR count). The second kappa shape index (κ2) is 6.82. The smallest absolute Gasteiger partial charge is 0.321 e. The molecule has 0 saturated heterocycles. The summed E-state index contributed by atoms with van der Waals surface area (Å²) in [5.74, 6) is -4.09. The van der Waals surface area contributed by atoms with E-state index >= 15 is 0 Å². The van der Waals surface area contributed by atoms with Gasteiger partial charge in [0.2, 0.25) is 9.84 Å². The summed E-state index contributed by atoms with van der Waals surface area (Å²) in [5, 5.41) is 3.13. The first-order chi connectivity index (χ1) is 10.7. The van der Waals surface area contributed by atoms with E-state index in [0.29, 0.717) is 10.7 Å². The molecular formula is C14H9Cl2F2NO3S. The van der Waals surface area contributed by atoms with E-state index in [1.54, 1.807) is 0 Å². The van der Waals surface area contributed by atoms with Crippen LogP contribution >= 0.6 is 23.2 Å². The molecule has 0 atom stereocenters. The fraction of sp³-hybridized carbons (Fsp3) is 0.0714. The van der Waals surface area contributed by atoms with Crippen molar-refractivity contribution < 1.29 is 22.0 Å². The van der Waals surface area contributed by atoms with Crippen LogP contribution in [0.25, 0.3) is 0 Å². The summed E-state index contributed by atoms with van der Waals surface area (Å²) in [6.45, 7) is 0. The lowest BCUT2D eigenvalue weighted by molar-refractivity contribution is 0.102. The van der Waals surface area contributed by atoms with Crippen LogP contribution in [0.2, 0.25) is 10.0 Å². The maximum Gasteiger partial charge on any atom is 0.341 e. The van der Waals surface area contributed by atoms with Crippen LogP contribution < -0.4 is 5.32 Å². The van der Waals surface area contributed by atoms with Crippen molar-refractivity contribution >= 4 is 44.6 Å². The predicted octanol–water partition coefficient (Wildman–Crippen LogP) is 4.24. The number of hydrogen-bond acceptors (Lipinski definition) is 3. The van der Waals surface area contributed by atoms with Crippen LogP contribution in [0.3, 0.4) is 0 Å². The second-order valence-electron chi connectivity index (χ2n) is 4.41. The molecule has 9 heteroatoms. The molecule has 23 heavy (non-hydrogen) atoms. The molecule has 2 aromatic carbocycles. The number of rotatable bonds is 4. The van der Waals surface area contributed by atoms with Gasteiger partial charge >= 0.3 is 5.76 Å². The van der Waals surface area contributed by atoms with E-state index in [1.807, 2.05) is 0 Å². The van der Waals surface area contributed by atoms with Gasteiger partial charge in [-0.25, -0.2) is 8.42 Å². The number of halogens is 4. The number of sulfone groups is 1. The first-order valence-electron chi connectivity index (χ1n) is 6.10. The zero-order chi connectivity index (χ0) is 17.2. The number of nitrogens with one attached hydrogen (secondary N) is 1. The maximum atomic E-state index is 12.4. The minimum Gasteiger partial charge on any atom is -0.321 e. The lowest BCUT2D eigenvalue weighted by atomic mass is 10.2. The summed E-state index contributed by atoms with van der Waals surface area (Å²) in [6.07, 6.45) is 0. The van der Waals surface area contributed by atoms with Gasteiger partial charge < -0.3 is 5.32 Å². The first-order valence-corrected chi connectivity index (χ1v) is 8.40. The topological polar surface area (TPSA) is 63.2 Å². The first kappa shape index (κ1) is 17.7. The predicted molar refractivity (Wildman–Crippen MR) is 84.0 cm³/mol.